The number of alkyl halides is 2. The highest BCUT2D eigenvalue weighted by atomic mass is 35.5. The average Bonchev–Trinajstić information content (AvgIpc) is 3.42. The average molecular weight is 694 g/mol. The first-order valence-electron chi connectivity index (χ1n) is 15.1. The molecule has 0 spiro atoms. The summed E-state index contributed by atoms with van der Waals surface area (Å²) in [5.41, 5.74) is 1.44. The van der Waals surface area contributed by atoms with E-state index in [4.69, 9.17) is 32.7 Å². The quantitative estimate of drug-likeness (QED) is 0.213. The summed E-state index contributed by atoms with van der Waals surface area (Å²) in [4.78, 5) is 65.0. The predicted molar refractivity (Wildman–Crippen MR) is 170 cm³/mol. The third-order valence-corrected chi connectivity index (χ3v) is 11.2. The Morgan fingerprint density at radius 1 is 0.958 bits per heavy atom. The van der Waals surface area contributed by atoms with Crippen molar-refractivity contribution in [1.29, 1.82) is 0 Å². The Morgan fingerprint density at radius 2 is 1.67 bits per heavy atom. The molecule has 10 nitrogen and oxygen atoms in total. The molecule has 48 heavy (non-hydrogen) atoms. The fourth-order valence-corrected chi connectivity index (χ4v) is 8.54. The van der Waals surface area contributed by atoms with Gasteiger partial charge in [0.2, 0.25) is 11.8 Å². The normalized spacial score (nSPS) is 29.3. The molecule has 5 amide bonds. The number of rotatable bonds is 5. The first-order valence-corrected chi connectivity index (χ1v) is 15.9. The van der Waals surface area contributed by atoms with Gasteiger partial charge in [-0.25, -0.2) is 14.1 Å². The summed E-state index contributed by atoms with van der Waals surface area (Å²) in [5.74, 6) is -8.33. The second kappa shape index (κ2) is 11.5. The number of halogens is 3. The van der Waals surface area contributed by atoms with E-state index in [0.29, 0.717) is 16.2 Å². The van der Waals surface area contributed by atoms with E-state index in [1.807, 2.05) is 30.3 Å². The van der Waals surface area contributed by atoms with Gasteiger partial charge in [0, 0.05) is 17.5 Å². The zero-order chi connectivity index (χ0) is 34.1. The summed E-state index contributed by atoms with van der Waals surface area (Å²) in [5, 5.41) is 11.5. The van der Waals surface area contributed by atoms with Crippen molar-refractivity contribution in [2.45, 2.75) is 35.1 Å². The molecule has 3 aromatic rings. The van der Waals surface area contributed by atoms with Gasteiger partial charge in [-0.05, 0) is 54.7 Å². The Labute approximate surface area is 283 Å². The van der Waals surface area contributed by atoms with Crippen LogP contribution in [0.25, 0.3) is 0 Å². The van der Waals surface area contributed by atoms with Crippen LogP contribution in [0.1, 0.15) is 29.9 Å². The number of allylic oxidation sites excluding steroid dienone is 2. The molecule has 4 aliphatic rings. The van der Waals surface area contributed by atoms with Crippen LogP contribution < -0.4 is 9.64 Å². The molecule has 2 saturated heterocycles. The summed E-state index contributed by atoms with van der Waals surface area (Å²) in [6.07, 6.45) is 0.187. The van der Waals surface area contributed by atoms with E-state index in [9.17, 15) is 33.5 Å². The number of benzene rings is 3. The molecule has 0 aromatic heterocycles. The van der Waals surface area contributed by atoms with Gasteiger partial charge in [-0.3, -0.25) is 19.2 Å². The number of ether oxygens (including phenoxy) is 2. The van der Waals surface area contributed by atoms with Crippen LogP contribution in [0.5, 0.6) is 11.5 Å². The molecule has 2 aliphatic carbocycles. The van der Waals surface area contributed by atoms with E-state index in [1.165, 1.54) is 24.3 Å². The van der Waals surface area contributed by atoms with Crippen LogP contribution in [0, 0.1) is 23.6 Å². The van der Waals surface area contributed by atoms with E-state index in [2.05, 4.69) is 0 Å². The summed E-state index contributed by atoms with van der Waals surface area (Å²) < 4.78 is 24.4. The van der Waals surface area contributed by atoms with Crippen LogP contribution in [0.3, 0.4) is 0 Å². The van der Waals surface area contributed by atoms with Crippen molar-refractivity contribution in [1.82, 2.24) is 4.90 Å². The number of imide groups is 4. The van der Waals surface area contributed by atoms with Crippen molar-refractivity contribution in [2.24, 2.45) is 17.8 Å². The minimum atomic E-state index is -2.24. The lowest BCUT2D eigenvalue weighted by Crippen LogP contribution is -2.60. The van der Waals surface area contributed by atoms with Crippen LogP contribution in [-0.2, 0) is 30.5 Å². The van der Waals surface area contributed by atoms with Crippen molar-refractivity contribution in [3.05, 3.63) is 101 Å². The number of amides is 5. The molecular weight excluding hydrogens is 666 g/mol. The molecule has 246 valence electrons. The number of nitrogens with zero attached hydrogens (tertiary/aromatic N) is 2. The largest absolute Gasteiger partial charge is 0.508 e. The number of hydrogen-bond donors (Lipinski definition) is 1. The first-order chi connectivity index (χ1) is 22.9. The van der Waals surface area contributed by atoms with Gasteiger partial charge in [-0.2, -0.15) is 4.90 Å². The Morgan fingerprint density at radius 3 is 2.33 bits per heavy atom. The lowest BCUT2D eigenvalue weighted by Gasteiger charge is -2.50. The molecule has 1 N–H and O–H groups in total. The zero-order valence-corrected chi connectivity index (χ0v) is 26.8. The molecule has 7 rings (SSSR count). The van der Waals surface area contributed by atoms with Gasteiger partial charge in [0.05, 0.1) is 24.6 Å². The van der Waals surface area contributed by atoms with E-state index >= 15 is 0 Å². The number of carbonyl (C=O) groups is 5. The van der Waals surface area contributed by atoms with E-state index < -0.39 is 69.0 Å². The lowest BCUT2D eigenvalue weighted by atomic mass is 9.56. The zero-order valence-electron chi connectivity index (χ0n) is 25.3. The third kappa shape index (κ3) is 4.47. The Hall–Kier alpha value is -4.74. The van der Waals surface area contributed by atoms with E-state index in [1.54, 1.807) is 12.1 Å². The first kappa shape index (κ1) is 31.8. The van der Waals surface area contributed by atoms with Crippen LogP contribution in [0.15, 0.2) is 84.4 Å². The van der Waals surface area contributed by atoms with Crippen molar-refractivity contribution < 1.29 is 42.9 Å². The highest BCUT2D eigenvalue weighted by Crippen LogP contribution is 2.66. The number of methoxy groups -OCH3 is 1. The van der Waals surface area contributed by atoms with Crippen LogP contribution >= 0.6 is 23.2 Å². The Bertz CT molecular complexity index is 1920. The number of aromatic hydroxyl groups is 1. The molecule has 3 aromatic carbocycles. The molecule has 2 heterocycles. The molecule has 0 bridgehead atoms. The maximum absolute atomic E-state index is 14.5. The number of phenols is 1. The molecule has 6 atom stereocenters. The van der Waals surface area contributed by atoms with Crippen LogP contribution in [-0.4, -0.2) is 56.6 Å². The number of phenolic OH excluding ortho intramolecular Hbond substituents is 1. The Balaban J connectivity index is 1.35. The van der Waals surface area contributed by atoms with Crippen molar-refractivity contribution in [3.8, 4) is 11.5 Å². The molecule has 6 unspecified atom stereocenters. The van der Waals surface area contributed by atoms with Gasteiger partial charge in [-0.15, -0.1) is 23.2 Å². The SMILES string of the molecule is COC(=O)N1C(=O)C2CC=C3C(CC4(Cl)C(=O)N(c5ccc(F)cc5)C(=O)C4(Cl)C3c3ccc(OCc4ccccc4)cc3O)C2C1=O. The van der Waals surface area contributed by atoms with Gasteiger partial charge >= 0.3 is 6.09 Å². The number of fused-ring (bicyclic) bond motifs is 4. The fourth-order valence-electron chi connectivity index (χ4n) is 7.61. The maximum atomic E-state index is 14.5. The number of likely N-dealkylation sites (tertiary alicyclic amines) is 1. The van der Waals surface area contributed by atoms with Crippen molar-refractivity contribution >= 4 is 58.6 Å². The summed E-state index contributed by atoms with van der Waals surface area (Å²) in [7, 11) is 1.05. The second-order valence-corrected chi connectivity index (χ2v) is 13.5. The summed E-state index contributed by atoms with van der Waals surface area (Å²) in [6, 6.07) is 18.4. The minimum Gasteiger partial charge on any atom is -0.508 e. The van der Waals surface area contributed by atoms with Crippen molar-refractivity contribution in [3.63, 3.8) is 0 Å². The van der Waals surface area contributed by atoms with Gasteiger partial charge in [0.25, 0.3) is 11.8 Å². The van der Waals surface area contributed by atoms with Gasteiger partial charge < -0.3 is 14.6 Å². The summed E-state index contributed by atoms with van der Waals surface area (Å²) in [6.45, 7) is 0.204. The second-order valence-electron chi connectivity index (χ2n) is 12.2. The highest BCUT2D eigenvalue weighted by molar-refractivity contribution is 6.58. The molecular formula is C35H27Cl2FN2O8. The molecule has 13 heteroatoms. The van der Waals surface area contributed by atoms with Gasteiger partial charge in [0.15, 0.2) is 9.75 Å². The minimum absolute atomic E-state index is 0.0101. The van der Waals surface area contributed by atoms with Gasteiger partial charge in [0.1, 0.15) is 23.9 Å². The monoisotopic (exact) mass is 692 g/mol. The number of carbonyl (C=O) groups excluding carboxylic acids is 5. The Kier molecular flexibility index (Phi) is 7.60. The van der Waals surface area contributed by atoms with Crippen molar-refractivity contribution in [2.75, 3.05) is 12.0 Å². The number of hydrogen-bond acceptors (Lipinski definition) is 8. The van der Waals surface area contributed by atoms with Gasteiger partial charge in [-0.1, -0.05) is 48.0 Å². The number of anilines is 1. The van der Waals surface area contributed by atoms with Crippen LogP contribution in [0.2, 0.25) is 0 Å². The topological polar surface area (TPSA) is 131 Å². The highest BCUT2D eigenvalue weighted by Gasteiger charge is 2.77. The predicted octanol–water partition coefficient (Wildman–Crippen LogP) is 5.44. The van der Waals surface area contributed by atoms with E-state index in [0.717, 1.165) is 29.7 Å². The standard InChI is InChI=1S/C35H27Cl2FN2O8/c1-47-33(46)40-29(42)24-14-13-22-25(27(24)30(40)43)16-34(36)31(44)39(20-9-7-19(38)8-10-20)32(45)35(34,37)28(22)23-12-11-21(15-26(23)41)48-17-18-5-3-2-4-6-18/h2-13,15,24-25,27-28,41H,14,16-17H2,1H3. The third-order valence-electron chi connectivity index (χ3n) is 9.81. The molecule has 0 radical (unpaired) electrons. The molecule has 2 aliphatic heterocycles. The lowest BCUT2D eigenvalue weighted by molar-refractivity contribution is -0.138. The molecule has 3 fully saturated rings. The van der Waals surface area contributed by atoms with Crippen LogP contribution in [0.4, 0.5) is 14.9 Å². The van der Waals surface area contributed by atoms with E-state index in [-0.39, 0.29) is 36.4 Å². The summed E-state index contributed by atoms with van der Waals surface area (Å²) >= 11 is 14.6. The molecule has 1 saturated carbocycles. The fraction of sp³-hybridized carbons (Fsp3) is 0.286. The maximum Gasteiger partial charge on any atom is 0.423 e. The smallest absolute Gasteiger partial charge is 0.423 e.